The molecule has 24 heavy (non-hydrogen) atoms. The molecule has 0 saturated carbocycles. The molecule has 1 N–H and O–H groups in total. The van der Waals surface area contributed by atoms with Crippen molar-refractivity contribution in [3.63, 3.8) is 0 Å². The van der Waals surface area contributed by atoms with E-state index in [0.29, 0.717) is 10.6 Å². The minimum atomic E-state index is -1.04. The smallest absolute Gasteiger partial charge is 0.325 e. The predicted octanol–water partition coefficient (Wildman–Crippen LogP) is 0.668. The molecule has 0 atom stereocenters. The van der Waals surface area contributed by atoms with Crippen LogP contribution in [0.3, 0.4) is 0 Å². The zero-order chi connectivity index (χ0) is 17.7. The van der Waals surface area contributed by atoms with Crippen molar-refractivity contribution in [3.8, 4) is 6.07 Å². The second-order valence-corrected chi connectivity index (χ2v) is 4.96. The number of hydrogen-bond donors (Lipinski definition) is 1. The zero-order valence-corrected chi connectivity index (χ0v) is 12.7. The second kappa shape index (κ2) is 7.19. The van der Waals surface area contributed by atoms with Gasteiger partial charge in [-0.1, -0.05) is 18.2 Å². The summed E-state index contributed by atoms with van der Waals surface area (Å²) < 4.78 is 0. The van der Waals surface area contributed by atoms with Crippen molar-refractivity contribution in [1.29, 1.82) is 5.26 Å². The number of urea groups is 1. The van der Waals surface area contributed by atoms with Crippen LogP contribution in [-0.4, -0.2) is 46.6 Å². The molecule has 1 fully saturated rings. The number of anilines is 1. The van der Waals surface area contributed by atoms with Crippen molar-refractivity contribution < 1.29 is 19.2 Å². The Morgan fingerprint density at radius 1 is 1.17 bits per heavy atom. The summed E-state index contributed by atoms with van der Waals surface area (Å²) >= 11 is 0. The summed E-state index contributed by atoms with van der Waals surface area (Å²) in [5.74, 6) is -2.63. The highest BCUT2D eigenvalue weighted by atomic mass is 16.2. The predicted molar refractivity (Wildman–Crippen MR) is 83.4 cm³/mol. The first-order valence-electron chi connectivity index (χ1n) is 7.02. The molecule has 0 radical (unpaired) electrons. The van der Waals surface area contributed by atoms with Gasteiger partial charge in [-0.3, -0.25) is 19.3 Å². The quantitative estimate of drug-likeness (QED) is 0.469. The van der Waals surface area contributed by atoms with Gasteiger partial charge in [0, 0.05) is 12.2 Å². The van der Waals surface area contributed by atoms with E-state index in [0.717, 1.165) is 10.5 Å². The van der Waals surface area contributed by atoms with Gasteiger partial charge in [-0.25, -0.2) is 9.69 Å². The van der Waals surface area contributed by atoms with Crippen molar-refractivity contribution in [1.82, 2.24) is 9.80 Å². The molecule has 1 aliphatic rings. The van der Waals surface area contributed by atoms with E-state index in [1.54, 1.807) is 24.3 Å². The minimum absolute atomic E-state index is 0.0954. The number of amides is 5. The first-order chi connectivity index (χ1) is 11.5. The summed E-state index contributed by atoms with van der Waals surface area (Å²) in [4.78, 5) is 48.7. The van der Waals surface area contributed by atoms with Crippen LogP contribution in [0.25, 0.3) is 0 Å². The van der Waals surface area contributed by atoms with Crippen molar-refractivity contribution in [2.45, 2.75) is 6.42 Å². The van der Waals surface area contributed by atoms with Crippen LogP contribution in [0.4, 0.5) is 10.5 Å². The normalized spacial score (nSPS) is 13.9. The van der Waals surface area contributed by atoms with E-state index in [9.17, 15) is 19.2 Å². The minimum Gasteiger partial charge on any atom is -0.325 e. The summed E-state index contributed by atoms with van der Waals surface area (Å²) in [5, 5.41) is 11.1. The summed E-state index contributed by atoms with van der Waals surface area (Å²) in [5.41, 5.74) is 1.25. The maximum atomic E-state index is 12.0. The standard InChI is InChI=1S/C16H14N4O4/c1-2-9-19-14(22)15(23)20(16(19)24)10-13(21)18-12-5-3-11(4-6-12)7-8-17/h2-6H,1,7,9-10H2,(H,18,21). The molecule has 0 aliphatic carbocycles. The van der Waals surface area contributed by atoms with E-state index >= 15 is 0 Å². The molecule has 5 amide bonds. The van der Waals surface area contributed by atoms with Crippen molar-refractivity contribution >= 4 is 29.4 Å². The first-order valence-corrected chi connectivity index (χ1v) is 7.02. The fraction of sp³-hybridized carbons (Fsp3) is 0.188. The van der Waals surface area contributed by atoms with E-state index in [1.165, 1.54) is 6.08 Å². The van der Waals surface area contributed by atoms with Crippen LogP contribution in [0.1, 0.15) is 5.56 Å². The van der Waals surface area contributed by atoms with Gasteiger partial charge < -0.3 is 5.32 Å². The molecule has 0 aromatic heterocycles. The molecule has 1 aromatic carbocycles. The van der Waals surface area contributed by atoms with Crippen LogP contribution in [-0.2, 0) is 20.8 Å². The highest BCUT2D eigenvalue weighted by Gasteiger charge is 2.44. The van der Waals surface area contributed by atoms with Gasteiger partial charge in [-0.2, -0.15) is 5.26 Å². The monoisotopic (exact) mass is 326 g/mol. The molecule has 1 aromatic rings. The van der Waals surface area contributed by atoms with Crippen molar-refractivity contribution in [2.75, 3.05) is 18.4 Å². The van der Waals surface area contributed by atoms with E-state index in [4.69, 9.17) is 5.26 Å². The largest absolute Gasteiger partial charge is 0.335 e. The van der Waals surface area contributed by atoms with Gasteiger partial charge in [0.25, 0.3) is 0 Å². The average Bonchev–Trinajstić information content (AvgIpc) is 2.75. The highest BCUT2D eigenvalue weighted by Crippen LogP contribution is 2.13. The molecule has 0 spiro atoms. The molecule has 1 heterocycles. The Balaban J connectivity index is 2.00. The second-order valence-electron chi connectivity index (χ2n) is 4.96. The third-order valence-electron chi connectivity index (χ3n) is 3.27. The third-order valence-corrected chi connectivity index (χ3v) is 3.27. The molecular formula is C16H14N4O4. The fourth-order valence-corrected chi connectivity index (χ4v) is 2.12. The van der Waals surface area contributed by atoms with Crippen molar-refractivity contribution in [3.05, 3.63) is 42.5 Å². The molecule has 8 heteroatoms. The molecule has 0 unspecified atom stereocenters. The number of hydrogen-bond acceptors (Lipinski definition) is 5. The van der Waals surface area contributed by atoms with E-state index < -0.39 is 30.3 Å². The Morgan fingerprint density at radius 2 is 1.79 bits per heavy atom. The van der Waals surface area contributed by atoms with E-state index in [-0.39, 0.29) is 13.0 Å². The Bertz CT molecular complexity index is 748. The Labute approximate surface area is 137 Å². The molecule has 2 rings (SSSR count). The van der Waals surface area contributed by atoms with Crippen LogP contribution in [0.5, 0.6) is 0 Å². The number of nitriles is 1. The molecule has 0 bridgehead atoms. The fourth-order valence-electron chi connectivity index (χ4n) is 2.12. The van der Waals surface area contributed by atoms with Crippen molar-refractivity contribution in [2.24, 2.45) is 0 Å². The summed E-state index contributed by atoms with van der Waals surface area (Å²) in [6.07, 6.45) is 1.57. The number of carbonyl (C=O) groups excluding carboxylic acids is 4. The van der Waals surface area contributed by atoms with Gasteiger partial charge in [0.05, 0.1) is 12.5 Å². The summed E-state index contributed by atoms with van der Waals surface area (Å²) in [6.45, 7) is 2.75. The van der Waals surface area contributed by atoms with Crippen LogP contribution in [0.15, 0.2) is 36.9 Å². The lowest BCUT2D eigenvalue weighted by molar-refractivity contribution is -0.143. The number of nitrogens with one attached hydrogen (secondary N) is 1. The van der Waals surface area contributed by atoms with Crippen LogP contribution >= 0.6 is 0 Å². The molecule has 122 valence electrons. The zero-order valence-electron chi connectivity index (χ0n) is 12.7. The highest BCUT2D eigenvalue weighted by molar-refractivity contribution is 6.45. The maximum absolute atomic E-state index is 12.0. The Kier molecular flexibility index (Phi) is 5.06. The van der Waals surface area contributed by atoms with Gasteiger partial charge in [0.15, 0.2) is 0 Å². The average molecular weight is 326 g/mol. The molecule has 1 saturated heterocycles. The van der Waals surface area contributed by atoms with E-state index in [1.807, 2.05) is 6.07 Å². The first kappa shape index (κ1) is 16.9. The van der Waals surface area contributed by atoms with E-state index in [2.05, 4.69) is 11.9 Å². The van der Waals surface area contributed by atoms with Gasteiger partial charge >= 0.3 is 17.8 Å². The van der Waals surface area contributed by atoms with Gasteiger partial charge in [0.2, 0.25) is 5.91 Å². The topological polar surface area (TPSA) is 111 Å². The summed E-state index contributed by atoms with van der Waals surface area (Å²) in [6, 6.07) is 7.74. The number of nitrogens with zero attached hydrogens (tertiary/aromatic N) is 3. The van der Waals surface area contributed by atoms with Gasteiger partial charge in [0.1, 0.15) is 6.54 Å². The van der Waals surface area contributed by atoms with Crippen LogP contribution < -0.4 is 5.32 Å². The molecule has 8 nitrogen and oxygen atoms in total. The molecular weight excluding hydrogens is 312 g/mol. The van der Waals surface area contributed by atoms with Gasteiger partial charge in [-0.15, -0.1) is 6.58 Å². The van der Waals surface area contributed by atoms with Gasteiger partial charge in [-0.05, 0) is 17.7 Å². The number of imide groups is 2. The number of rotatable bonds is 6. The lowest BCUT2D eigenvalue weighted by atomic mass is 10.1. The number of carbonyl (C=O) groups is 4. The lowest BCUT2D eigenvalue weighted by Gasteiger charge is -2.14. The SMILES string of the molecule is C=CCN1C(=O)C(=O)N(CC(=O)Nc2ccc(CC#N)cc2)C1=O. The lowest BCUT2D eigenvalue weighted by Crippen LogP contribution is -2.39. The third kappa shape index (κ3) is 3.47. The van der Waals surface area contributed by atoms with Crippen LogP contribution in [0.2, 0.25) is 0 Å². The Hall–Kier alpha value is -3.47. The molecule has 1 aliphatic heterocycles. The number of benzene rings is 1. The Morgan fingerprint density at radius 3 is 2.38 bits per heavy atom. The maximum Gasteiger partial charge on any atom is 0.335 e. The van der Waals surface area contributed by atoms with Crippen LogP contribution in [0, 0.1) is 11.3 Å². The summed E-state index contributed by atoms with van der Waals surface area (Å²) in [7, 11) is 0.